The second kappa shape index (κ2) is 4.72. The lowest BCUT2D eigenvalue weighted by Crippen LogP contribution is -2.27. The van der Waals surface area contributed by atoms with Crippen LogP contribution in [0, 0.1) is 0 Å². The molecule has 0 fully saturated rings. The van der Waals surface area contributed by atoms with Crippen LogP contribution in [0.15, 0.2) is 23.0 Å². The molecule has 0 unspecified atom stereocenters. The molecule has 1 aromatic heterocycles. The van der Waals surface area contributed by atoms with Crippen molar-refractivity contribution >= 4 is 5.91 Å². The Morgan fingerprint density at radius 1 is 1.40 bits per heavy atom. The smallest absolute Gasteiger partial charge is 0.340 e. The lowest BCUT2D eigenvalue weighted by atomic mass is 10.1. The zero-order chi connectivity index (χ0) is 14.1. The molecular formula is C12H12N4O4. The van der Waals surface area contributed by atoms with E-state index in [0.717, 1.165) is 0 Å². The molecule has 104 valence electrons. The van der Waals surface area contributed by atoms with E-state index in [1.54, 1.807) is 25.1 Å². The fraction of sp³-hybridized carbons (Fsp3) is 0.250. The van der Waals surface area contributed by atoms with Gasteiger partial charge in [-0.05, 0) is 25.1 Å². The molecule has 3 N–H and O–H groups in total. The highest BCUT2D eigenvalue weighted by Gasteiger charge is 2.18. The summed E-state index contributed by atoms with van der Waals surface area (Å²) < 4.78 is 10.4. The van der Waals surface area contributed by atoms with Crippen molar-refractivity contribution < 1.29 is 14.3 Å². The number of fused-ring (bicyclic) bond motifs is 1. The summed E-state index contributed by atoms with van der Waals surface area (Å²) in [4.78, 5) is 25.6. The molecule has 2 aromatic rings. The van der Waals surface area contributed by atoms with Gasteiger partial charge in [0.15, 0.2) is 17.3 Å². The van der Waals surface area contributed by atoms with Crippen molar-refractivity contribution in [2.45, 2.75) is 13.0 Å². The van der Waals surface area contributed by atoms with Crippen molar-refractivity contribution in [2.75, 3.05) is 6.79 Å². The van der Waals surface area contributed by atoms with E-state index in [9.17, 15) is 9.59 Å². The van der Waals surface area contributed by atoms with Gasteiger partial charge in [-0.15, -0.1) is 0 Å². The SMILES string of the molecule is C[C@H](NC(=O)c1ccc2c(c1)OCO2)c1n[nH]c(=O)[nH]1. The molecular weight excluding hydrogens is 264 g/mol. The van der Waals surface area contributed by atoms with Crippen molar-refractivity contribution in [2.24, 2.45) is 0 Å². The first kappa shape index (κ1) is 12.3. The Labute approximate surface area is 113 Å². The van der Waals surface area contributed by atoms with Crippen molar-refractivity contribution in [1.82, 2.24) is 20.5 Å². The van der Waals surface area contributed by atoms with E-state index in [-0.39, 0.29) is 12.7 Å². The van der Waals surface area contributed by atoms with Gasteiger partial charge in [0.1, 0.15) is 0 Å². The summed E-state index contributed by atoms with van der Waals surface area (Å²) in [5.41, 5.74) is 0.0307. The van der Waals surface area contributed by atoms with Crippen LogP contribution in [0.25, 0.3) is 0 Å². The first-order chi connectivity index (χ1) is 9.63. The number of aromatic amines is 2. The van der Waals surface area contributed by atoms with E-state index in [2.05, 4.69) is 20.5 Å². The van der Waals surface area contributed by atoms with Crippen molar-refractivity contribution in [1.29, 1.82) is 0 Å². The summed E-state index contributed by atoms with van der Waals surface area (Å²) in [5, 5.41) is 8.74. The maximum atomic E-state index is 12.1. The number of hydrogen-bond acceptors (Lipinski definition) is 5. The van der Waals surface area contributed by atoms with Crippen LogP contribution in [-0.2, 0) is 0 Å². The van der Waals surface area contributed by atoms with Crippen LogP contribution >= 0.6 is 0 Å². The summed E-state index contributed by atoms with van der Waals surface area (Å²) in [6.45, 7) is 1.88. The van der Waals surface area contributed by atoms with E-state index >= 15 is 0 Å². The standard InChI is InChI=1S/C12H12N4O4/c1-6(10-14-12(18)16-15-10)13-11(17)7-2-3-8-9(4-7)20-5-19-8/h2-4,6H,5H2,1H3,(H,13,17)(H2,14,15,16,18)/t6-/m0/s1. The molecule has 0 saturated heterocycles. The average molecular weight is 276 g/mol. The molecule has 20 heavy (non-hydrogen) atoms. The fourth-order valence-electron chi connectivity index (χ4n) is 1.87. The highest BCUT2D eigenvalue weighted by Crippen LogP contribution is 2.32. The molecule has 1 atom stereocenters. The highest BCUT2D eigenvalue weighted by molar-refractivity contribution is 5.95. The number of H-pyrrole nitrogens is 2. The Bertz CT molecular complexity index is 705. The lowest BCUT2D eigenvalue weighted by molar-refractivity contribution is 0.0938. The van der Waals surface area contributed by atoms with Gasteiger partial charge >= 0.3 is 5.69 Å². The summed E-state index contributed by atoms with van der Waals surface area (Å²) in [6.07, 6.45) is 0. The van der Waals surface area contributed by atoms with Gasteiger partial charge in [0.05, 0.1) is 6.04 Å². The molecule has 0 aliphatic carbocycles. The Morgan fingerprint density at radius 3 is 2.95 bits per heavy atom. The molecule has 0 spiro atoms. The summed E-state index contributed by atoms with van der Waals surface area (Å²) >= 11 is 0. The normalized spacial score (nSPS) is 14.1. The lowest BCUT2D eigenvalue weighted by Gasteiger charge is -2.11. The number of nitrogens with zero attached hydrogens (tertiary/aromatic N) is 1. The second-order valence-electron chi connectivity index (χ2n) is 4.33. The highest BCUT2D eigenvalue weighted by atomic mass is 16.7. The van der Waals surface area contributed by atoms with E-state index < -0.39 is 11.7 Å². The van der Waals surface area contributed by atoms with Crippen LogP contribution in [0.2, 0.25) is 0 Å². The van der Waals surface area contributed by atoms with Crippen molar-refractivity contribution in [3.63, 3.8) is 0 Å². The van der Waals surface area contributed by atoms with E-state index in [1.807, 2.05) is 0 Å². The third-order valence-corrected chi connectivity index (χ3v) is 2.91. The largest absolute Gasteiger partial charge is 0.454 e. The van der Waals surface area contributed by atoms with Gasteiger partial charge in [-0.2, -0.15) is 5.10 Å². The maximum absolute atomic E-state index is 12.1. The number of carbonyl (C=O) groups excluding carboxylic acids is 1. The Balaban J connectivity index is 1.74. The predicted octanol–water partition coefficient (Wildman–Crippen LogP) is 0.318. The molecule has 8 heteroatoms. The zero-order valence-corrected chi connectivity index (χ0v) is 10.6. The molecule has 0 bridgehead atoms. The molecule has 0 saturated carbocycles. The number of ether oxygens (including phenoxy) is 2. The second-order valence-corrected chi connectivity index (χ2v) is 4.33. The van der Waals surface area contributed by atoms with Crippen LogP contribution in [-0.4, -0.2) is 27.9 Å². The van der Waals surface area contributed by atoms with E-state index in [4.69, 9.17) is 9.47 Å². The van der Waals surface area contributed by atoms with Crippen LogP contribution in [0.4, 0.5) is 0 Å². The first-order valence-corrected chi connectivity index (χ1v) is 5.98. The summed E-state index contributed by atoms with van der Waals surface area (Å²) in [7, 11) is 0. The number of nitrogens with one attached hydrogen (secondary N) is 3. The third kappa shape index (κ3) is 2.22. The van der Waals surface area contributed by atoms with Crippen LogP contribution in [0.3, 0.4) is 0 Å². The van der Waals surface area contributed by atoms with Gasteiger partial charge in [-0.1, -0.05) is 0 Å². The predicted molar refractivity (Wildman–Crippen MR) is 67.7 cm³/mol. The average Bonchev–Trinajstić information content (AvgIpc) is 3.05. The van der Waals surface area contributed by atoms with Crippen LogP contribution in [0.1, 0.15) is 29.1 Å². The van der Waals surface area contributed by atoms with Crippen LogP contribution in [0.5, 0.6) is 11.5 Å². The molecule has 3 rings (SSSR count). The number of aromatic nitrogens is 3. The summed E-state index contributed by atoms with van der Waals surface area (Å²) in [6, 6.07) is 4.51. The van der Waals surface area contributed by atoms with Crippen molar-refractivity contribution in [3.05, 3.63) is 40.1 Å². The number of hydrogen-bond donors (Lipinski definition) is 3. The van der Waals surface area contributed by atoms with E-state index in [1.165, 1.54) is 0 Å². The molecule has 1 aliphatic heterocycles. The number of rotatable bonds is 3. The minimum Gasteiger partial charge on any atom is -0.454 e. The van der Waals surface area contributed by atoms with Gasteiger partial charge in [-0.25, -0.2) is 9.89 Å². The minimum absolute atomic E-state index is 0.158. The van der Waals surface area contributed by atoms with Gasteiger partial charge in [-0.3, -0.25) is 9.78 Å². The van der Waals surface area contributed by atoms with Gasteiger partial charge < -0.3 is 14.8 Å². The molecule has 0 radical (unpaired) electrons. The fourth-order valence-corrected chi connectivity index (χ4v) is 1.87. The Hall–Kier alpha value is -2.77. The first-order valence-electron chi connectivity index (χ1n) is 5.98. The van der Waals surface area contributed by atoms with Gasteiger partial charge in [0, 0.05) is 5.56 Å². The maximum Gasteiger partial charge on any atom is 0.340 e. The Morgan fingerprint density at radius 2 is 2.20 bits per heavy atom. The van der Waals surface area contributed by atoms with Gasteiger partial charge in [0.25, 0.3) is 5.91 Å². The van der Waals surface area contributed by atoms with Gasteiger partial charge in [0.2, 0.25) is 6.79 Å². The monoisotopic (exact) mass is 276 g/mol. The molecule has 1 amide bonds. The number of benzene rings is 1. The molecule has 1 aromatic carbocycles. The van der Waals surface area contributed by atoms with Crippen molar-refractivity contribution in [3.8, 4) is 11.5 Å². The van der Waals surface area contributed by atoms with E-state index in [0.29, 0.717) is 22.9 Å². The molecule has 1 aliphatic rings. The quantitative estimate of drug-likeness (QED) is 0.748. The minimum atomic E-state index is -0.424. The van der Waals surface area contributed by atoms with Crippen LogP contribution < -0.4 is 20.5 Å². The summed E-state index contributed by atoms with van der Waals surface area (Å²) in [5.74, 6) is 1.23. The molecule has 8 nitrogen and oxygen atoms in total. The number of carbonyl (C=O) groups is 1. The number of amides is 1. The zero-order valence-electron chi connectivity index (χ0n) is 10.6. The third-order valence-electron chi connectivity index (χ3n) is 2.91. The topological polar surface area (TPSA) is 109 Å². The Kier molecular flexibility index (Phi) is 2.90. The molecule has 2 heterocycles.